The number of nitrogens with one attached hydrogen (secondary N) is 1. The van der Waals surface area contributed by atoms with Gasteiger partial charge in [-0.15, -0.1) is 0 Å². The third-order valence-corrected chi connectivity index (χ3v) is 3.18. The molecule has 1 aliphatic rings. The predicted molar refractivity (Wildman–Crippen MR) is 76.1 cm³/mol. The summed E-state index contributed by atoms with van der Waals surface area (Å²) in [6, 6.07) is 4.21. The standard InChI is InChI=1S/C15H19NO5/c1-2-16-11(9-14(17)18)15(19)10-4-5-12-13(8-10)21-7-3-6-20-12/h4-5,8,11,16H,2-3,6-7,9H2,1H3,(H,17,18). The lowest BCUT2D eigenvalue weighted by Crippen LogP contribution is -2.38. The smallest absolute Gasteiger partial charge is 0.305 e. The number of benzene rings is 1. The summed E-state index contributed by atoms with van der Waals surface area (Å²) in [6.45, 7) is 3.47. The fourth-order valence-corrected chi connectivity index (χ4v) is 2.20. The van der Waals surface area contributed by atoms with Gasteiger partial charge in [0, 0.05) is 12.0 Å². The van der Waals surface area contributed by atoms with E-state index in [9.17, 15) is 9.59 Å². The molecule has 0 aromatic heterocycles. The summed E-state index contributed by atoms with van der Waals surface area (Å²) in [5, 5.41) is 11.8. The zero-order valence-corrected chi connectivity index (χ0v) is 11.9. The number of likely N-dealkylation sites (N-methyl/N-ethyl adjacent to an activating group) is 1. The predicted octanol–water partition coefficient (Wildman–Crippen LogP) is 1.48. The molecule has 1 unspecified atom stereocenters. The van der Waals surface area contributed by atoms with E-state index in [1.165, 1.54) is 0 Å². The van der Waals surface area contributed by atoms with Crippen molar-refractivity contribution < 1.29 is 24.2 Å². The molecule has 0 spiro atoms. The molecule has 0 saturated heterocycles. The van der Waals surface area contributed by atoms with Crippen LogP contribution in [0.2, 0.25) is 0 Å². The lowest BCUT2D eigenvalue weighted by Gasteiger charge is -2.15. The van der Waals surface area contributed by atoms with Crippen molar-refractivity contribution in [2.24, 2.45) is 0 Å². The number of rotatable bonds is 6. The number of ketones is 1. The third kappa shape index (κ3) is 3.95. The first-order valence-electron chi connectivity index (χ1n) is 7.01. The Balaban J connectivity index is 2.21. The Hall–Kier alpha value is -2.08. The summed E-state index contributed by atoms with van der Waals surface area (Å²) in [6.07, 6.45) is 0.540. The van der Waals surface area contributed by atoms with Gasteiger partial charge in [0.05, 0.1) is 25.7 Å². The van der Waals surface area contributed by atoms with E-state index in [4.69, 9.17) is 14.6 Å². The van der Waals surface area contributed by atoms with Crippen LogP contribution in [0.5, 0.6) is 11.5 Å². The van der Waals surface area contributed by atoms with Gasteiger partial charge >= 0.3 is 5.97 Å². The SMILES string of the molecule is CCNC(CC(=O)O)C(=O)c1ccc2c(c1)OCCCO2. The van der Waals surface area contributed by atoms with Gasteiger partial charge in [-0.1, -0.05) is 6.92 Å². The van der Waals surface area contributed by atoms with Crippen LogP contribution in [-0.2, 0) is 4.79 Å². The zero-order valence-electron chi connectivity index (χ0n) is 11.9. The largest absolute Gasteiger partial charge is 0.490 e. The molecule has 0 saturated carbocycles. The molecule has 114 valence electrons. The Labute approximate surface area is 123 Å². The maximum Gasteiger partial charge on any atom is 0.305 e. The molecule has 1 atom stereocenters. The van der Waals surface area contributed by atoms with Gasteiger partial charge in [0.15, 0.2) is 17.3 Å². The Morgan fingerprint density at radius 2 is 2.00 bits per heavy atom. The minimum atomic E-state index is -1.01. The van der Waals surface area contributed by atoms with E-state index in [1.807, 2.05) is 6.92 Å². The topological polar surface area (TPSA) is 84.9 Å². The van der Waals surface area contributed by atoms with Crippen LogP contribution in [0.3, 0.4) is 0 Å². The average molecular weight is 293 g/mol. The summed E-state index contributed by atoms with van der Waals surface area (Å²) in [5.74, 6) is -0.121. The molecular weight excluding hydrogens is 274 g/mol. The summed E-state index contributed by atoms with van der Waals surface area (Å²) in [5.41, 5.74) is 0.423. The van der Waals surface area contributed by atoms with Gasteiger partial charge in [0.2, 0.25) is 0 Å². The van der Waals surface area contributed by atoms with E-state index in [0.29, 0.717) is 36.8 Å². The van der Waals surface area contributed by atoms with E-state index >= 15 is 0 Å². The van der Waals surface area contributed by atoms with Crippen LogP contribution < -0.4 is 14.8 Å². The van der Waals surface area contributed by atoms with Crippen LogP contribution in [0.4, 0.5) is 0 Å². The van der Waals surface area contributed by atoms with Crippen molar-refractivity contribution in [2.45, 2.75) is 25.8 Å². The van der Waals surface area contributed by atoms with Crippen LogP contribution in [0.25, 0.3) is 0 Å². The Morgan fingerprint density at radius 1 is 1.29 bits per heavy atom. The molecule has 0 aliphatic carbocycles. The van der Waals surface area contributed by atoms with E-state index in [2.05, 4.69) is 5.32 Å². The molecule has 1 heterocycles. The van der Waals surface area contributed by atoms with Gasteiger partial charge < -0.3 is 19.9 Å². The summed E-state index contributed by atoms with van der Waals surface area (Å²) >= 11 is 0. The maximum absolute atomic E-state index is 12.4. The second-order valence-corrected chi connectivity index (χ2v) is 4.78. The molecule has 0 bridgehead atoms. The number of hydrogen-bond acceptors (Lipinski definition) is 5. The van der Waals surface area contributed by atoms with Gasteiger partial charge in [-0.25, -0.2) is 0 Å². The number of carbonyl (C=O) groups excluding carboxylic acids is 1. The molecule has 0 amide bonds. The van der Waals surface area contributed by atoms with Crippen molar-refractivity contribution in [1.29, 1.82) is 0 Å². The minimum Gasteiger partial charge on any atom is -0.490 e. The van der Waals surface area contributed by atoms with Crippen LogP contribution in [-0.4, -0.2) is 42.7 Å². The molecule has 21 heavy (non-hydrogen) atoms. The minimum absolute atomic E-state index is 0.249. The van der Waals surface area contributed by atoms with Crippen molar-refractivity contribution in [3.8, 4) is 11.5 Å². The lowest BCUT2D eigenvalue weighted by atomic mass is 10.0. The fourth-order valence-electron chi connectivity index (χ4n) is 2.20. The molecule has 0 radical (unpaired) electrons. The van der Waals surface area contributed by atoms with Crippen LogP contribution in [0.15, 0.2) is 18.2 Å². The van der Waals surface area contributed by atoms with E-state index in [1.54, 1.807) is 18.2 Å². The van der Waals surface area contributed by atoms with Crippen LogP contribution in [0.1, 0.15) is 30.1 Å². The molecule has 2 rings (SSSR count). The summed E-state index contributed by atoms with van der Waals surface area (Å²) < 4.78 is 11.1. The molecule has 6 heteroatoms. The highest BCUT2D eigenvalue weighted by molar-refractivity contribution is 6.02. The van der Waals surface area contributed by atoms with Gasteiger partial charge in [-0.05, 0) is 24.7 Å². The van der Waals surface area contributed by atoms with Crippen molar-refractivity contribution in [1.82, 2.24) is 5.32 Å². The molecule has 1 aromatic rings. The molecule has 0 fully saturated rings. The molecular formula is C15H19NO5. The first-order chi connectivity index (χ1) is 10.1. The van der Waals surface area contributed by atoms with E-state index in [0.717, 1.165) is 6.42 Å². The third-order valence-electron chi connectivity index (χ3n) is 3.18. The van der Waals surface area contributed by atoms with E-state index < -0.39 is 12.0 Å². The van der Waals surface area contributed by atoms with Crippen molar-refractivity contribution >= 4 is 11.8 Å². The number of hydrogen-bond donors (Lipinski definition) is 2. The van der Waals surface area contributed by atoms with Crippen molar-refractivity contribution in [2.75, 3.05) is 19.8 Å². The monoisotopic (exact) mass is 293 g/mol. The molecule has 6 nitrogen and oxygen atoms in total. The number of carboxylic acids is 1. The number of carboxylic acid groups (broad SMARTS) is 1. The second-order valence-electron chi connectivity index (χ2n) is 4.78. The number of ether oxygens (including phenoxy) is 2. The van der Waals surface area contributed by atoms with Gasteiger partial charge in [-0.3, -0.25) is 9.59 Å². The molecule has 1 aliphatic heterocycles. The summed E-state index contributed by atoms with van der Waals surface area (Å²) in [7, 11) is 0. The van der Waals surface area contributed by atoms with Crippen molar-refractivity contribution in [3.05, 3.63) is 23.8 Å². The lowest BCUT2D eigenvalue weighted by molar-refractivity contribution is -0.137. The summed E-state index contributed by atoms with van der Waals surface area (Å²) in [4.78, 5) is 23.3. The van der Waals surface area contributed by atoms with Crippen molar-refractivity contribution in [3.63, 3.8) is 0 Å². The quantitative estimate of drug-likeness (QED) is 0.773. The highest BCUT2D eigenvalue weighted by atomic mass is 16.5. The maximum atomic E-state index is 12.4. The Morgan fingerprint density at radius 3 is 2.67 bits per heavy atom. The average Bonchev–Trinajstić information content (AvgIpc) is 2.70. The molecule has 1 aromatic carbocycles. The second kappa shape index (κ2) is 7.08. The number of aliphatic carboxylic acids is 1. The van der Waals surface area contributed by atoms with Gasteiger partial charge in [-0.2, -0.15) is 0 Å². The fraction of sp³-hybridized carbons (Fsp3) is 0.467. The zero-order chi connectivity index (χ0) is 15.2. The number of Topliss-reactive ketones (excluding diaryl/α,β-unsaturated/α-hetero) is 1. The van der Waals surface area contributed by atoms with Gasteiger partial charge in [0.25, 0.3) is 0 Å². The highest BCUT2D eigenvalue weighted by Crippen LogP contribution is 2.30. The van der Waals surface area contributed by atoms with Gasteiger partial charge in [0.1, 0.15) is 0 Å². The highest BCUT2D eigenvalue weighted by Gasteiger charge is 2.23. The normalized spacial score (nSPS) is 15.1. The number of fused-ring (bicyclic) bond motifs is 1. The molecule has 2 N–H and O–H groups in total. The Kier molecular flexibility index (Phi) is 5.16. The van der Waals surface area contributed by atoms with Crippen LogP contribution >= 0.6 is 0 Å². The van der Waals surface area contributed by atoms with Crippen LogP contribution in [0, 0.1) is 0 Å². The number of carbonyl (C=O) groups is 2. The first-order valence-corrected chi connectivity index (χ1v) is 7.01. The first kappa shape index (κ1) is 15.3. The Bertz CT molecular complexity index is 529. The van der Waals surface area contributed by atoms with E-state index in [-0.39, 0.29) is 12.2 Å².